The molecule has 0 saturated carbocycles. The highest BCUT2D eigenvalue weighted by atomic mass is 16.2. The number of amides is 3. The zero-order valence-electron chi connectivity index (χ0n) is 12.6. The third kappa shape index (κ3) is 3.83. The van der Waals surface area contributed by atoms with E-state index in [9.17, 15) is 14.4 Å². The molecule has 0 radical (unpaired) electrons. The van der Waals surface area contributed by atoms with Crippen LogP contribution < -0.4 is 0 Å². The summed E-state index contributed by atoms with van der Waals surface area (Å²) in [4.78, 5) is 40.2. The summed E-state index contributed by atoms with van der Waals surface area (Å²) in [5.41, 5.74) is 0. The van der Waals surface area contributed by atoms with Gasteiger partial charge in [0.2, 0.25) is 17.7 Å². The molecule has 2 fully saturated rings. The molecule has 1 unspecified atom stereocenters. The van der Waals surface area contributed by atoms with Crippen molar-refractivity contribution in [2.24, 2.45) is 5.92 Å². The molecule has 0 aromatic heterocycles. The Bertz CT molecular complexity index is 449. The van der Waals surface area contributed by atoms with Crippen LogP contribution in [0.3, 0.4) is 0 Å². The van der Waals surface area contributed by atoms with Gasteiger partial charge >= 0.3 is 0 Å². The molecule has 2 aliphatic rings. The van der Waals surface area contributed by atoms with Crippen molar-refractivity contribution >= 4 is 17.7 Å². The summed E-state index contributed by atoms with van der Waals surface area (Å²) in [5.74, 6) is 0.303. The third-order valence-electron chi connectivity index (χ3n) is 4.21. The Kier molecular flexibility index (Phi) is 4.98. The number of carbonyl (C=O) groups excluding carboxylic acids is 3. The minimum atomic E-state index is -0.248. The van der Waals surface area contributed by atoms with Crippen molar-refractivity contribution in [3.63, 3.8) is 0 Å². The van der Waals surface area contributed by atoms with Gasteiger partial charge in [-0.3, -0.25) is 14.4 Å². The van der Waals surface area contributed by atoms with E-state index in [1.165, 1.54) is 11.0 Å². The highest BCUT2D eigenvalue weighted by Gasteiger charge is 2.30. The predicted molar refractivity (Wildman–Crippen MR) is 78.3 cm³/mol. The summed E-state index contributed by atoms with van der Waals surface area (Å²) in [6.07, 6.45) is 3.74. The van der Waals surface area contributed by atoms with Crippen molar-refractivity contribution in [1.29, 1.82) is 0 Å². The first-order chi connectivity index (χ1) is 10.0. The highest BCUT2D eigenvalue weighted by molar-refractivity contribution is 5.90. The molecule has 2 rings (SSSR count). The van der Waals surface area contributed by atoms with Crippen LogP contribution in [0.25, 0.3) is 0 Å². The molecule has 3 amide bonds. The first-order valence-corrected chi connectivity index (χ1v) is 7.44. The average Bonchev–Trinajstić information content (AvgIpc) is 3.08. The first kappa shape index (κ1) is 15.5. The molecule has 2 aliphatic heterocycles. The van der Waals surface area contributed by atoms with Gasteiger partial charge in [-0.2, -0.15) is 0 Å². The zero-order chi connectivity index (χ0) is 15.4. The Labute approximate surface area is 125 Å². The van der Waals surface area contributed by atoms with Crippen molar-refractivity contribution in [3.05, 3.63) is 12.7 Å². The lowest BCUT2D eigenvalue weighted by atomic mass is 10.1. The number of rotatable bonds is 5. The van der Waals surface area contributed by atoms with Gasteiger partial charge in [0.05, 0.1) is 6.54 Å². The van der Waals surface area contributed by atoms with Crippen LogP contribution in [0.1, 0.15) is 19.3 Å². The molecule has 0 aromatic carbocycles. The van der Waals surface area contributed by atoms with Gasteiger partial charge in [-0.1, -0.05) is 6.58 Å². The fraction of sp³-hybridized carbons (Fsp3) is 0.667. The molecule has 116 valence electrons. The topological polar surface area (TPSA) is 60.9 Å². The molecule has 6 nitrogen and oxygen atoms in total. The van der Waals surface area contributed by atoms with Gasteiger partial charge in [0.1, 0.15) is 0 Å². The van der Waals surface area contributed by atoms with Gasteiger partial charge in [0.25, 0.3) is 0 Å². The average molecular weight is 293 g/mol. The van der Waals surface area contributed by atoms with E-state index in [-0.39, 0.29) is 24.3 Å². The fourth-order valence-corrected chi connectivity index (χ4v) is 2.95. The monoisotopic (exact) mass is 293 g/mol. The van der Waals surface area contributed by atoms with Crippen LogP contribution in [-0.2, 0) is 14.4 Å². The Morgan fingerprint density at radius 1 is 1.43 bits per heavy atom. The van der Waals surface area contributed by atoms with Crippen molar-refractivity contribution in [2.45, 2.75) is 19.3 Å². The number of likely N-dealkylation sites (N-methyl/N-ethyl adjacent to an activating group) is 1. The van der Waals surface area contributed by atoms with Crippen molar-refractivity contribution < 1.29 is 14.4 Å². The van der Waals surface area contributed by atoms with E-state index in [2.05, 4.69) is 6.58 Å². The van der Waals surface area contributed by atoms with Gasteiger partial charge in [-0.25, -0.2) is 0 Å². The molecule has 1 atom stereocenters. The Morgan fingerprint density at radius 2 is 2.19 bits per heavy atom. The number of likely N-dealkylation sites (tertiary alicyclic amines) is 2. The van der Waals surface area contributed by atoms with Crippen LogP contribution in [-0.4, -0.2) is 72.2 Å². The lowest BCUT2D eigenvalue weighted by Crippen LogP contribution is -2.40. The maximum absolute atomic E-state index is 12.1. The molecule has 6 heteroatoms. The highest BCUT2D eigenvalue weighted by Crippen LogP contribution is 2.20. The third-order valence-corrected chi connectivity index (χ3v) is 4.21. The van der Waals surface area contributed by atoms with E-state index in [0.29, 0.717) is 25.4 Å². The van der Waals surface area contributed by atoms with E-state index in [1.807, 2.05) is 4.90 Å². The summed E-state index contributed by atoms with van der Waals surface area (Å²) in [5, 5.41) is 0. The number of carbonyl (C=O) groups is 3. The smallest absolute Gasteiger partial charge is 0.246 e. The maximum atomic E-state index is 12.1. The standard InChI is InChI=1S/C15H23N3O3/c1-3-13(19)16(2)11-15(21)18-8-6-12(10-18)9-17-7-4-5-14(17)20/h3,12H,1,4-11H2,2H3. The van der Waals surface area contributed by atoms with Crippen LogP contribution in [0, 0.1) is 5.92 Å². The van der Waals surface area contributed by atoms with Gasteiger partial charge in [0.15, 0.2) is 0 Å². The summed E-state index contributed by atoms with van der Waals surface area (Å²) in [6.45, 7) is 6.48. The second-order valence-corrected chi connectivity index (χ2v) is 5.84. The normalized spacial score (nSPS) is 21.8. The second-order valence-electron chi connectivity index (χ2n) is 5.84. The molecule has 0 aromatic rings. The van der Waals surface area contributed by atoms with Crippen LogP contribution in [0.4, 0.5) is 0 Å². The van der Waals surface area contributed by atoms with E-state index in [1.54, 1.807) is 11.9 Å². The summed E-state index contributed by atoms with van der Waals surface area (Å²) >= 11 is 0. The molecule has 0 bridgehead atoms. The van der Waals surface area contributed by atoms with Crippen molar-refractivity contribution in [3.8, 4) is 0 Å². The van der Waals surface area contributed by atoms with Gasteiger partial charge < -0.3 is 14.7 Å². The molecular weight excluding hydrogens is 270 g/mol. The largest absolute Gasteiger partial charge is 0.342 e. The van der Waals surface area contributed by atoms with Crippen molar-refractivity contribution in [2.75, 3.05) is 39.8 Å². The fourth-order valence-electron chi connectivity index (χ4n) is 2.95. The molecule has 0 aliphatic carbocycles. The summed E-state index contributed by atoms with van der Waals surface area (Å²) in [6, 6.07) is 0. The number of hydrogen-bond acceptors (Lipinski definition) is 3. The molecule has 0 N–H and O–H groups in total. The van der Waals surface area contributed by atoms with Crippen LogP contribution in [0.2, 0.25) is 0 Å². The zero-order valence-corrected chi connectivity index (χ0v) is 12.6. The van der Waals surface area contributed by atoms with E-state index in [0.717, 1.165) is 25.9 Å². The van der Waals surface area contributed by atoms with E-state index >= 15 is 0 Å². The Morgan fingerprint density at radius 3 is 2.81 bits per heavy atom. The Balaban J connectivity index is 1.78. The molecular formula is C15H23N3O3. The van der Waals surface area contributed by atoms with Crippen molar-refractivity contribution in [1.82, 2.24) is 14.7 Å². The number of nitrogens with zero attached hydrogens (tertiary/aromatic N) is 3. The minimum Gasteiger partial charge on any atom is -0.342 e. The minimum absolute atomic E-state index is 0.0389. The van der Waals surface area contributed by atoms with Gasteiger partial charge in [0, 0.05) is 39.6 Å². The predicted octanol–water partition coefficient (Wildman–Crippen LogP) is 0.102. The quantitative estimate of drug-likeness (QED) is 0.676. The van der Waals surface area contributed by atoms with Crippen LogP contribution in [0.5, 0.6) is 0 Å². The molecule has 2 saturated heterocycles. The van der Waals surface area contributed by atoms with Crippen LogP contribution >= 0.6 is 0 Å². The lowest BCUT2D eigenvalue weighted by molar-refractivity contribution is -0.136. The van der Waals surface area contributed by atoms with E-state index < -0.39 is 0 Å². The van der Waals surface area contributed by atoms with Gasteiger partial charge in [-0.15, -0.1) is 0 Å². The van der Waals surface area contributed by atoms with Gasteiger partial charge in [-0.05, 0) is 24.8 Å². The number of hydrogen-bond donors (Lipinski definition) is 0. The second kappa shape index (κ2) is 6.74. The lowest BCUT2D eigenvalue weighted by Gasteiger charge is -2.22. The summed E-state index contributed by atoms with van der Waals surface area (Å²) in [7, 11) is 1.60. The molecule has 21 heavy (non-hydrogen) atoms. The summed E-state index contributed by atoms with van der Waals surface area (Å²) < 4.78 is 0. The Hall–Kier alpha value is -1.85. The SMILES string of the molecule is C=CC(=O)N(C)CC(=O)N1CCC(CN2CCCC2=O)C1. The molecule has 2 heterocycles. The van der Waals surface area contributed by atoms with E-state index in [4.69, 9.17) is 0 Å². The van der Waals surface area contributed by atoms with Crippen LogP contribution in [0.15, 0.2) is 12.7 Å². The first-order valence-electron chi connectivity index (χ1n) is 7.44. The maximum Gasteiger partial charge on any atom is 0.246 e. The molecule has 0 spiro atoms.